The van der Waals surface area contributed by atoms with Crippen molar-refractivity contribution in [2.75, 3.05) is 7.11 Å². The molecule has 0 bridgehead atoms. The fourth-order valence-electron chi connectivity index (χ4n) is 3.28. The lowest BCUT2D eigenvalue weighted by atomic mass is 9.81. The van der Waals surface area contributed by atoms with Crippen molar-refractivity contribution in [1.82, 2.24) is 0 Å². The zero-order valence-electron chi connectivity index (χ0n) is 17.9. The third kappa shape index (κ3) is 6.16. The molecule has 7 heteroatoms. The largest absolute Gasteiger partial charge is 0.497 e. The quantitative estimate of drug-likeness (QED) is 0.613. The first kappa shape index (κ1) is 23.6. The van der Waals surface area contributed by atoms with Gasteiger partial charge in [0, 0.05) is 12.0 Å². The number of hydrogen-bond acceptors (Lipinski definition) is 5. The molecule has 0 aromatic heterocycles. The molecule has 2 N–H and O–H groups in total. The molecular weight excluding hydrogens is 392 g/mol. The maximum absolute atomic E-state index is 14.2. The van der Waals surface area contributed by atoms with Crippen LogP contribution in [0.4, 0.5) is 8.78 Å². The van der Waals surface area contributed by atoms with Gasteiger partial charge in [-0.2, -0.15) is 0 Å². The molecule has 2 aromatic carbocycles. The molecule has 0 spiro atoms. The van der Waals surface area contributed by atoms with Crippen LogP contribution in [0, 0.1) is 17.6 Å². The van der Waals surface area contributed by atoms with Crippen molar-refractivity contribution >= 4 is 5.97 Å². The highest BCUT2D eigenvalue weighted by atomic mass is 19.1. The number of carbonyl (C=O) groups excluding carboxylic acids is 1. The number of benzene rings is 2. The van der Waals surface area contributed by atoms with Crippen LogP contribution in [0.2, 0.25) is 0 Å². The summed E-state index contributed by atoms with van der Waals surface area (Å²) < 4.78 is 44.1. The molecule has 0 heterocycles. The van der Waals surface area contributed by atoms with E-state index < -0.39 is 35.4 Å². The molecule has 0 aliphatic carbocycles. The smallest absolute Gasteiger partial charge is 0.322 e. The Labute approximate surface area is 176 Å². The monoisotopic (exact) mass is 421 g/mol. The van der Waals surface area contributed by atoms with E-state index in [1.54, 1.807) is 34.8 Å². The van der Waals surface area contributed by atoms with Gasteiger partial charge in [0.25, 0.3) is 0 Å². The molecule has 3 atom stereocenters. The molecule has 0 saturated heterocycles. The molecule has 2 aromatic rings. The highest BCUT2D eigenvalue weighted by Gasteiger charge is 2.38. The van der Waals surface area contributed by atoms with Gasteiger partial charge in [-0.15, -0.1) is 0 Å². The Morgan fingerprint density at radius 1 is 1.10 bits per heavy atom. The summed E-state index contributed by atoms with van der Waals surface area (Å²) in [7, 11) is 1.58. The van der Waals surface area contributed by atoms with Crippen molar-refractivity contribution in [3.05, 3.63) is 59.7 Å². The van der Waals surface area contributed by atoms with Crippen LogP contribution in [0.3, 0.4) is 0 Å². The molecule has 0 saturated carbocycles. The Kier molecular flexibility index (Phi) is 7.78. The maximum atomic E-state index is 14.2. The fraction of sp³-hybridized carbons (Fsp3) is 0.435. The number of ether oxygens (including phenoxy) is 3. The molecule has 0 fully saturated rings. The Morgan fingerprint density at radius 2 is 1.73 bits per heavy atom. The first-order valence-corrected chi connectivity index (χ1v) is 9.76. The van der Waals surface area contributed by atoms with Crippen LogP contribution in [0.25, 0.3) is 0 Å². The zero-order chi connectivity index (χ0) is 22.5. The van der Waals surface area contributed by atoms with E-state index in [1.165, 1.54) is 6.07 Å². The minimum Gasteiger partial charge on any atom is -0.497 e. The van der Waals surface area contributed by atoms with E-state index in [-0.39, 0.29) is 11.7 Å². The van der Waals surface area contributed by atoms with Crippen molar-refractivity contribution in [1.29, 1.82) is 0 Å². The van der Waals surface area contributed by atoms with Gasteiger partial charge in [-0.25, -0.2) is 8.78 Å². The van der Waals surface area contributed by atoms with Gasteiger partial charge in [0.2, 0.25) is 0 Å². The van der Waals surface area contributed by atoms with Crippen LogP contribution in [-0.4, -0.2) is 30.8 Å². The van der Waals surface area contributed by atoms with Crippen LogP contribution in [-0.2, 0) is 16.0 Å². The second-order valence-electron chi connectivity index (χ2n) is 7.87. The Bertz CT molecular complexity index is 853. The lowest BCUT2D eigenvalue weighted by molar-refractivity contribution is -0.156. The van der Waals surface area contributed by atoms with Crippen molar-refractivity contribution < 1.29 is 27.8 Å². The number of rotatable bonds is 9. The lowest BCUT2D eigenvalue weighted by Crippen LogP contribution is -2.47. The second-order valence-corrected chi connectivity index (χ2v) is 7.87. The third-order valence-electron chi connectivity index (χ3n) is 5.02. The van der Waals surface area contributed by atoms with E-state index in [9.17, 15) is 13.6 Å². The highest BCUT2D eigenvalue weighted by molar-refractivity contribution is 5.75. The summed E-state index contributed by atoms with van der Waals surface area (Å²) in [5.74, 6) is -1.75. The first-order chi connectivity index (χ1) is 14.0. The van der Waals surface area contributed by atoms with Gasteiger partial charge in [-0.05, 0) is 63.9 Å². The van der Waals surface area contributed by atoms with E-state index in [4.69, 9.17) is 19.9 Å². The van der Waals surface area contributed by atoms with Crippen molar-refractivity contribution in [2.24, 2.45) is 11.7 Å². The van der Waals surface area contributed by atoms with Crippen molar-refractivity contribution in [3.63, 3.8) is 0 Å². The number of methoxy groups -OCH3 is 1. The van der Waals surface area contributed by atoms with E-state index >= 15 is 0 Å². The molecule has 164 valence electrons. The van der Waals surface area contributed by atoms with Crippen LogP contribution in [0.15, 0.2) is 42.5 Å². The van der Waals surface area contributed by atoms with Gasteiger partial charge >= 0.3 is 5.97 Å². The molecule has 0 amide bonds. The summed E-state index contributed by atoms with van der Waals surface area (Å²) in [4.78, 5) is 12.1. The normalized spacial score (nSPS) is 14.5. The predicted molar refractivity (Wildman–Crippen MR) is 110 cm³/mol. The van der Waals surface area contributed by atoms with Crippen LogP contribution in [0.1, 0.15) is 33.3 Å². The van der Waals surface area contributed by atoms with Crippen LogP contribution in [0.5, 0.6) is 11.5 Å². The Morgan fingerprint density at radius 3 is 2.27 bits per heavy atom. The summed E-state index contributed by atoms with van der Waals surface area (Å²) in [5, 5.41) is 0. The van der Waals surface area contributed by atoms with Crippen molar-refractivity contribution in [2.45, 2.75) is 51.9 Å². The molecule has 0 unspecified atom stereocenters. The van der Waals surface area contributed by atoms with E-state index in [0.29, 0.717) is 6.42 Å². The summed E-state index contributed by atoms with van der Waals surface area (Å²) in [5.41, 5.74) is 5.63. The third-order valence-corrected chi connectivity index (χ3v) is 5.02. The summed E-state index contributed by atoms with van der Waals surface area (Å²) >= 11 is 0. The van der Waals surface area contributed by atoms with Gasteiger partial charge in [0.15, 0.2) is 11.6 Å². The van der Waals surface area contributed by atoms with Gasteiger partial charge in [0.05, 0.1) is 7.11 Å². The summed E-state index contributed by atoms with van der Waals surface area (Å²) in [6.07, 6.45) is -0.100. The molecule has 5 nitrogen and oxygen atoms in total. The van der Waals surface area contributed by atoms with E-state index in [0.717, 1.165) is 23.4 Å². The number of carbonyl (C=O) groups is 1. The number of esters is 1. The van der Waals surface area contributed by atoms with Crippen LogP contribution >= 0.6 is 0 Å². The minimum atomic E-state index is -0.962. The average molecular weight is 421 g/mol. The summed E-state index contributed by atoms with van der Waals surface area (Å²) in [6.45, 7) is 6.85. The highest BCUT2D eigenvalue weighted by Crippen LogP contribution is 2.33. The van der Waals surface area contributed by atoms with Crippen LogP contribution < -0.4 is 15.2 Å². The van der Waals surface area contributed by atoms with Gasteiger partial charge < -0.3 is 19.9 Å². The van der Waals surface area contributed by atoms with Gasteiger partial charge in [-0.3, -0.25) is 4.79 Å². The lowest BCUT2D eigenvalue weighted by Gasteiger charge is -2.38. The molecule has 0 radical (unpaired) electrons. The van der Waals surface area contributed by atoms with Gasteiger partial charge in [-0.1, -0.05) is 12.1 Å². The Balaban J connectivity index is 2.32. The number of nitrogens with two attached hydrogens (primary N) is 1. The van der Waals surface area contributed by atoms with E-state index in [2.05, 4.69) is 0 Å². The van der Waals surface area contributed by atoms with Crippen molar-refractivity contribution in [3.8, 4) is 11.5 Å². The molecule has 0 aliphatic heterocycles. The standard InChI is InChI=1S/C23H29F2NO4/c1-14(26)22(27)29-15(2)19(12-16-6-9-18(28-5)10-7-16)23(3,4)30-21-11-8-17(24)13-20(21)25/h6-11,13-15,19H,12,26H2,1-5H3/t14-,15-,19-/m0/s1. The molecule has 30 heavy (non-hydrogen) atoms. The van der Waals surface area contributed by atoms with Gasteiger partial charge in [0.1, 0.15) is 29.3 Å². The number of halogens is 2. The topological polar surface area (TPSA) is 70.8 Å². The SMILES string of the molecule is COc1ccc(C[C@@H]([C@H](C)OC(=O)[C@H](C)N)C(C)(C)Oc2ccc(F)cc2F)cc1. The molecule has 2 rings (SSSR count). The van der Waals surface area contributed by atoms with E-state index in [1.807, 2.05) is 24.3 Å². The fourth-order valence-corrected chi connectivity index (χ4v) is 3.28. The minimum absolute atomic E-state index is 0.0770. The molecule has 0 aliphatic rings. The predicted octanol–water partition coefficient (Wildman–Crippen LogP) is 4.27. The summed E-state index contributed by atoms with van der Waals surface area (Å²) in [6, 6.07) is 9.84. The first-order valence-electron chi connectivity index (χ1n) is 9.76. The number of hydrogen-bond donors (Lipinski definition) is 1. The zero-order valence-corrected chi connectivity index (χ0v) is 17.9. The molecular formula is C23H29F2NO4. The second kappa shape index (κ2) is 9.89. The Hall–Kier alpha value is -2.67. The average Bonchev–Trinajstić information content (AvgIpc) is 2.68. The maximum Gasteiger partial charge on any atom is 0.322 e.